The lowest BCUT2D eigenvalue weighted by Gasteiger charge is -2.50. The number of benzene rings is 4. The second-order valence-electron chi connectivity index (χ2n) is 14.2. The summed E-state index contributed by atoms with van der Waals surface area (Å²) in [7, 11) is 1.32. The lowest BCUT2D eigenvalue weighted by atomic mass is 9.95. The van der Waals surface area contributed by atoms with Gasteiger partial charge in [0.15, 0.2) is 43.3 Å². The van der Waals surface area contributed by atoms with Gasteiger partial charge in [-0.25, -0.2) is 14.4 Å². The fourth-order valence-electron chi connectivity index (χ4n) is 7.25. The van der Waals surface area contributed by atoms with Gasteiger partial charge in [0.1, 0.15) is 31.0 Å². The van der Waals surface area contributed by atoms with Crippen LogP contribution in [0.4, 0.5) is 0 Å². The fourth-order valence-corrected chi connectivity index (χ4v) is 7.25. The second-order valence-corrected chi connectivity index (χ2v) is 14.2. The average molecular weight is 839 g/mol. The van der Waals surface area contributed by atoms with E-state index in [1.807, 2.05) is 30.3 Å². The summed E-state index contributed by atoms with van der Waals surface area (Å²) in [4.78, 5) is 53.8. The molecule has 15 heteroatoms. The Morgan fingerprint density at radius 1 is 0.639 bits per heavy atom. The highest BCUT2D eigenvalue weighted by Gasteiger charge is 2.57. The maximum Gasteiger partial charge on any atom is 0.338 e. The van der Waals surface area contributed by atoms with Crippen molar-refractivity contribution in [2.75, 3.05) is 26.9 Å². The van der Waals surface area contributed by atoms with E-state index in [0.29, 0.717) is 0 Å². The summed E-state index contributed by atoms with van der Waals surface area (Å²) < 4.78 is 68.0. The quantitative estimate of drug-likeness (QED) is 0.0848. The van der Waals surface area contributed by atoms with E-state index in [-0.39, 0.29) is 29.9 Å². The van der Waals surface area contributed by atoms with E-state index >= 15 is 0 Å². The molecule has 0 aliphatic carbocycles. The number of esters is 4. The number of hydrogen-bond acceptors (Lipinski definition) is 15. The monoisotopic (exact) mass is 838 g/mol. The highest BCUT2D eigenvalue weighted by atomic mass is 16.8. The second kappa shape index (κ2) is 20.7. The Labute approximate surface area is 352 Å². The molecule has 3 aliphatic rings. The molecule has 320 valence electrons. The molecule has 15 nitrogen and oxygen atoms in total. The zero-order valence-corrected chi connectivity index (χ0v) is 33.4. The summed E-state index contributed by atoms with van der Waals surface area (Å²) in [6.45, 7) is 4.58. The zero-order chi connectivity index (χ0) is 42.7. The minimum atomic E-state index is -1.53. The van der Waals surface area contributed by atoms with Crippen LogP contribution in [0.5, 0.6) is 0 Å². The number of methoxy groups -OCH3 is 1. The molecule has 0 spiro atoms. The van der Waals surface area contributed by atoms with Gasteiger partial charge in [-0.3, -0.25) is 4.79 Å². The van der Waals surface area contributed by atoms with Crippen LogP contribution >= 0.6 is 0 Å². The Morgan fingerprint density at radius 2 is 1.20 bits per heavy atom. The average Bonchev–Trinajstić information content (AvgIpc) is 3.30. The molecule has 0 aromatic heterocycles. The first-order chi connectivity index (χ1) is 29.7. The number of hydrogen-bond donors (Lipinski definition) is 0. The predicted molar refractivity (Wildman–Crippen MR) is 213 cm³/mol. The van der Waals surface area contributed by atoms with Gasteiger partial charge >= 0.3 is 23.9 Å². The summed E-state index contributed by atoms with van der Waals surface area (Å²) in [6.07, 6.45) is -11.9. The van der Waals surface area contributed by atoms with Gasteiger partial charge in [0.05, 0.1) is 29.9 Å². The van der Waals surface area contributed by atoms with Gasteiger partial charge in [-0.05, 0) is 36.4 Å². The third-order valence-corrected chi connectivity index (χ3v) is 10.1. The third-order valence-electron chi connectivity index (χ3n) is 10.1. The van der Waals surface area contributed by atoms with Crippen molar-refractivity contribution in [3.05, 3.63) is 156 Å². The summed E-state index contributed by atoms with van der Waals surface area (Å²) >= 11 is 0. The van der Waals surface area contributed by atoms with E-state index in [2.05, 4.69) is 6.58 Å². The van der Waals surface area contributed by atoms with Gasteiger partial charge in [-0.2, -0.15) is 0 Å². The van der Waals surface area contributed by atoms with Crippen molar-refractivity contribution in [2.45, 2.75) is 74.6 Å². The molecular formula is C46H46O15. The third kappa shape index (κ3) is 10.6. The van der Waals surface area contributed by atoms with E-state index < -0.39 is 98.2 Å². The Hall–Kier alpha value is -5.78. The van der Waals surface area contributed by atoms with Crippen LogP contribution in [0.2, 0.25) is 0 Å². The number of carbonyl (C=O) groups is 4. The summed E-state index contributed by atoms with van der Waals surface area (Å²) in [5, 5.41) is 0. The van der Waals surface area contributed by atoms with E-state index in [1.54, 1.807) is 91.0 Å². The molecule has 3 saturated heterocycles. The number of fused-ring (bicyclic) bond motifs is 1. The summed E-state index contributed by atoms with van der Waals surface area (Å²) in [5.74, 6) is -2.99. The Balaban J connectivity index is 1.25. The Kier molecular flexibility index (Phi) is 14.7. The standard InChI is InChI=1S/C46H46O15/c1-4-25-52-37-35-34(27-54-44(60-35)32-23-15-8-16-24-32)57-46(39(37)55-28(2)47)61-40-38(59-43(50)31-21-13-7-14-22-31)36(58-42(49)30-19-11-6-12-20-30)33(56-45(40)51-3)26-53-41(48)29-17-9-5-10-18-29/h4-24,33-40,44-46H,1,25-27H2,2-3H3/t33-,34-,35+,36-,37+,38+,39-,40-,44?,45-,46+/m1/s1. The van der Waals surface area contributed by atoms with Crippen molar-refractivity contribution < 1.29 is 71.3 Å². The smallest absolute Gasteiger partial charge is 0.338 e. The van der Waals surface area contributed by atoms with Crippen LogP contribution in [0.3, 0.4) is 0 Å². The molecule has 0 N–H and O–H groups in total. The first-order valence-electron chi connectivity index (χ1n) is 19.7. The highest BCUT2D eigenvalue weighted by molar-refractivity contribution is 5.91. The van der Waals surface area contributed by atoms with Crippen molar-refractivity contribution in [1.29, 1.82) is 0 Å². The molecule has 11 atom stereocenters. The van der Waals surface area contributed by atoms with Crippen LogP contribution in [0.1, 0.15) is 49.9 Å². The van der Waals surface area contributed by atoms with Crippen LogP contribution in [-0.2, 0) is 56.9 Å². The molecule has 0 radical (unpaired) electrons. The van der Waals surface area contributed by atoms with Gasteiger partial charge in [0.2, 0.25) is 0 Å². The molecule has 61 heavy (non-hydrogen) atoms. The van der Waals surface area contributed by atoms with Crippen LogP contribution in [0.15, 0.2) is 134 Å². The first-order valence-corrected chi connectivity index (χ1v) is 19.7. The van der Waals surface area contributed by atoms with E-state index in [1.165, 1.54) is 20.1 Å². The zero-order valence-electron chi connectivity index (χ0n) is 33.4. The molecule has 4 aromatic rings. The van der Waals surface area contributed by atoms with Crippen molar-refractivity contribution in [3.8, 4) is 0 Å². The Morgan fingerprint density at radius 3 is 1.75 bits per heavy atom. The maximum atomic E-state index is 14.0. The van der Waals surface area contributed by atoms with Gasteiger partial charge in [0.25, 0.3) is 0 Å². The maximum absolute atomic E-state index is 14.0. The molecule has 3 aliphatic heterocycles. The molecule has 0 bridgehead atoms. The number of carbonyl (C=O) groups excluding carboxylic acids is 4. The Bertz CT molecular complexity index is 2070. The summed E-state index contributed by atoms with van der Waals surface area (Å²) in [6, 6.07) is 33.8. The molecule has 0 saturated carbocycles. The number of rotatable bonds is 15. The molecular weight excluding hydrogens is 792 g/mol. The van der Waals surface area contributed by atoms with Gasteiger partial charge in [0, 0.05) is 19.6 Å². The van der Waals surface area contributed by atoms with Crippen molar-refractivity contribution in [1.82, 2.24) is 0 Å². The lowest BCUT2D eigenvalue weighted by molar-refractivity contribution is -0.391. The largest absolute Gasteiger partial charge is 0.459 e. The fraction of sp³-hybridized carbons (Fsp3) is 0.348. The molecule has 3 heterocycles. The van der Waals surface area contributed by atoms with Crippen molar-refractivity contribution >= 4 is 23.9 Å². The molecule has 4 aromatic carbocycles. The van der Waals surface area contributed by atoms with Gasteiger partial charge in [-0.15, -0.1) is 6.58 Å². The summed E-state index contributed by atoms with van der Waals surface area (Å²) in [5.41, 5.74) is 1.35. The van der Waals surface area contributed by atoms with Crippen LogP contribution < -0.4 is 0 Å². The lowest BCUT2D eigenvalue weighted by Crippen LogP contribution is -2.67. The van der Waals surface area contributed by atoms with E-state index in [0.717, 1.165) is 5.56 Å². The van der Waals surface area contributed by atoms with Crippen LogP contribution in [-0.4, -0.2) is 112 Å². The molecule has 0 amide bonds. The van der Waals surface area contributed by atoms with E-state index in [4.69, 9.17) is 52.1 Å². The number of ether oxygens (including phenoxy) is 11. The van der Waals surface area contributed by atoms with Gasteiger partial charge < -0.3 is 52.1 Å². The van der Waals surface area contributed by atoms with Crippen LogP contribution in [0, 0.1) is 0 Å². The van der Waals surface area contributed by atoms with Crippen molar-refractivity contribution in [2.24, 2.45) is 0 Å². The highest BCUT2D eigenvalue weighted by Crippen LogP contribution is 2.39. The van der Waals surface area contributed by atoms with Gasteiger partial charge in [-0.1, -0.05) is 91.0 Å². The van der Waals surface area contributed by atoms with Crippen LogP contribution in [0.25, 0.3) is 0 Å². The molecule has 1 unspecified atom stereocenters. The van der Waals surface area contributed by atoms with Crippen molar-refractivity contribution in [3.63, 3.8) is 0 Å². The predicted octanol–water partition coefficient (Wildman–Crippen LogP) is 5.39. The van der Waals surface area contributed by atoms with E-state index in [9.17, 15) is 19.2 Å². The minimum Gasteiger partial charge on any atom is -0.459 e. The SMILES string of the molecule is C=CCO[C@H]1[C@H]2OC(c3ccccc3)OC[C@H]2O[C@@H](O[C@H]2[C@H](OC)O[C@H](COC(=O)c3ccccc3)[C@@H](OC(=O)c3ccccc3)[C@@H]2OC(=O)c2ccccc2)[C@@H]1OC(C)=O. The molecule has 7 rings (SSSR count). The molecule has 3 fully saturated rings. The first kappa shape index (κ1) is 43.3. The normalized spacial score (nSPS) is 28.3. The minimum absolute atomic E-state index is 0.0122. The topological polar surface area (TPSA) is 170 Å².